The van der Waals surface area contributed by atoms with E-state index >= 15 is 0 Å². The van der Waals surface area contributed by atoms with Crippen LogP contribution in [-0.4, -0.2) is 34.7 Å². The molecule has 0 atom stereocenters. The monoisotopic (exact) mass is 267 g/mol. The van der Waals surface area contributed by atoms with Crippen molar-refractivity contribution in [2.24, 2.45) is 0 Å². The smallest absolute Gasteiger partial charge is 0.270 e. The van der Waals surface area contributed by atoms with E-state index in [2.05, 4.69) is 4.90 Å². The summed E-state index contributed by atoms with van der Waals surface area (Å²) in [4.78, 5) is 2.10. The number of ether oxygens (including phenoxy) is 1. The fourth-order valence-corrected chi connectivity index (χ4v) is 3.51. The number of morpholine rings is 1. The molecular weight excluding hydrogens is 258 g/mol. The highest BCUT2D eigenvalue weighted by molar-refractivity contribution is 8.15. The molecular formula is C8H10ClNO3S2. The zero-order valence-corrected chi connectivity index (χ0v) is 10.2. The molecule has 1 fully saturated rings. The standard InChI is InChI=1S/C8H10ClNO3S2/c9-15(11,12)8-2-1-7(14-8)10-3-5-13-6-4-10/h1-2H,3-6H2. The molecule has 0 spiro atoms. The van der Waals surface area contributed by atoms with Gasteiger partial charge in [0.2, 0.25) is 0 Å². The van der Waals surface area contributed by atoms with Crippen LogP contribution < -0.4 is 4.90 Å². The van der Waals surface area contributed by atoms with E-state index in [1.165, 1.54) is 17.4 Å². The third kappa shape index (κ3) is 2.63. The molecule has 84 valence electrons. The summed E-state index contributed by atoms with van der Waals surface area (Å²) in [6.45, 7) is 2.95. The van der Waals surface area contributed by atoms with Crippen LogP contribution in [0.3, 0.4) is 0 Å². The third-order valence-electron chi connectivity index (χ3n) is 2.13. The van der Waals surface area contributed by atoms with E-state index in [0.29, 0.717) is 13.2 Å². The molecule has 7 heteroatoms. The van der Waals surface area contributed by atoms with Crippen molar-refractivity contribution in [2.75, 3.05) is 31.2 Å². The van der Waals surface area contributed by atoms with Gasteiger partial charge < -0.3 is 9.64 Å². The van der Waals surface area contributed by atoms with E-state index in [4.69, 9.17) is 15.4 Å². The average Bonchev–Trinajstić information content (AvgIpc) is 2.67. The van der Waals surface area contributed by atoms with Crippen molar-refractivity contribution in [1.29, 1.82) is 0 Å². The maximum Gasteiger partial charge on any atom is 0.270 e. The fraction of sp³-hybridized carbons (Fsp3) is 0.500. The molecule has 2 rings (SSSR count). The van der Waals surface area contributed by atoms with E-state index in [0.717, 1.165) is 18.1 Å². The molecule has 4 nitrogen and oxygen atoms in total. The number of hydrogen-bond acceptors (Lipinski definition) is 5. The van der Waals surface area contributed by atoms with Crippen LogP contribution in [0.4, 0.5) is 5.00 Å². The van der Waals surface area contributed by atoms with Crippen molar-refractivity contribution in [3.8, 4) is 0 Å². The van der Waals surface area contributed by atoms with E-state index in [1.807, 2.05) is 0 Å². The van der Waals surface area contributed by atoms with E-state index in [1.54, 1.807) is 6.07 Å². The molecule has 1 saturated heterocycles. The molecule has 1 aromatic rings. The molecule has 0 bridgehead atoms. The minimum Gasteiger partial charge on any atom is -0.378 e. The van der Waals surface area contributed by atoms with Crippen LogP contribution in [0.15, 0.2) is 16.3 Å². The number of halogens is 1. The highest BCUT2D eigenvalue weighted by Gasteiger charge is 2.17. The largest absolute Gasteiger partial charge is 0.378 e. The Kier molecular flexibility index (Phi) is 3.20. The van der Waals surface area contributed by atoms with Crippen molar-refractivity contribution in [3.63, 3.8) is 0 Å². The lowest BCUT2D eigenvalue weighted by Crippen LogP contribution is -2.35. The second-order valence-corrected chi connectivity index (χ2v) is 6.98. The summed E-state index contributed by atoms with van der Waals surface area (Å²) in [6, 6.07) is 3.32. The Morgan fingerprint density at radius 3 is 2.53 bits per heavy atom. The van der Waals surface area contributed by atoms with Gasteiger partial charge in [-0.05, 0) is 12.1 Å². The van der Waals surface area contributed by atoms with Crippen molar-refractivity contribution in [2.45, 2.75) is 4.21 Å². The SMILES string of the molecule is O=S(=O)(Cl)c1ccc(N2CCOCC2)s1. The first-order valence-electron chi connectivity index (χ1n) is 4.44. The molecule has 2 heterocycles. The normalized spacial score (nSPS) is 18.1. The van der Waals surface area contributed by atoms with Gasteiger partial charge in [-0.25, -0.2) is 8.42 Å². The quantitative estimate of drug-likeness (QED) is 0.762. The molecule has 1 aromatic heterocycles. The topological polar surface area (TPSA) is 46.6 Å². The third-order valence-corrected chi connectivity index (χ3v) is 5.37. The summed E-state index contributed by atoms with van der Waals surface area (Å²) in [6.07, 6.45) is 0. The van der Waals surface area contributed by atoms with Crippen LogP contribution in [0.5, 0.6) is 0 Å². The Bertz CT molecular complexity index is 436. The van der Waals surface area contributed by atoms with Crippen molar-refractivity contribution < 1.29 is 13.2 Å². The lowest BCUT2D eigenvalue weighted by molar-refractivity contribution is 0.123. The van der Waals surface area contributed by atoms with E-state index in [-0.39, 0.29) is 4.21 Å². The molecule has 0 aliphatic carbocycles. The zero-order valence-electron chi connectivity index (χ0n) is 7.85. The molecule has 1 aliphatic heterocycles. The maximum atomic E-state index is 11.1. The van der Waals surface area contributed by atoms with Gasteiger partial charge in [-0.1, -0.05) is 0 Å². The minimum atomic E-state index is -3.59. The molecule has 0 unspecified atom stereocenters. The van der Waals surface area contributed by atoms with Gasteiger partial charge in [0.1, 0.15) is 4.21 Å². The van der Waals surface area contributed by atoms with Crippen LogP contribution in [-0.2, 0) is 13.8 Å². The van der Waals surface area contributed by atoms with Crippen LogP contribution in [0.25, 0.3) is 0 Å². The van der Waals surface area contributed by atoms with Crippen LogP contribution in [0.1, 0.15) is 0 Å². The summed E-state index contributed by atoms with van der Waals surface area (Å²) in [5, 5.41) is 0.928. The van der Waals surface area contributed by atoms with Gasteiger partial charge in [0, 0.05) is 23.8 Å². The van der Waals surface area contributed by atoms with Gasteiger partial charge >= 0.3 is 0 Å². The molecule has 0 saturated carbocycles. The Morgan fingerprint density at radius 1 is 1.33 bits per heavy atom. The van der Waals surface area contributed by atoms with Crippen molar-refractivity contribution in [3.05, 3.63) is 12.1 Å². The number of rotatable bonds is 2. The number of thiophene rings is 1. The molecule has 1 aliphatic rings. The van der Waals surface area contributed by atoms with E-state index in [9.17, 15) is 8.42 Å². The summed E-state index contributed by atoms with van der Waals surface area (Å²) in [5.74, 6) is 0. The Hall–Kier alpha value is -0.300. The average molecular weight is 268 g/mol. The Labute approximate surface area is 96.8 Å². The van der Waals surface area contributed by atoms with Crippen molar-refractivity contribution in [1.82, 2.24) is 0 Å². The maximum absolute atomic E-state index is 11.1. The van der Waals surface area contributed by atoms with Gasteiger partial charge in [-0.2, -0.15) is 0 Å². The Balaban J connectivity index is 2.19. The summed E-state index contributed by atoms with van der Waals surface area (Å²) in [5.41, 5.74) is 0. The lowest BCUT2D eigenvalue weighted by atomic mass is 10.4. The zero-order chi connectivity index (χ0) is 10.9. The highest BCUT2D eigenvalue weighted by atomic mass is 35.7. The molecule has 15 heavy (non-hydrogen) atoms. The van der Waals surface area contributed by atoms with Gasteiger partial charge in [0.15, 0.2) is 0 Å². The number of anilines is 1. The molecule has 0 aromatic carbocycles. The van der Waals surface area contributed by atoms with Gasteiger partial charge in [-0.15, -0.1) is 11.3 Å². The Morgan fingerprint density at radius 2 is 2.00 bits per heavy atom. The minimum absolute atomic E-state index is 0.200. The second-order valence-electron chi connectivity index (χ2n) is 3.13. The summed E-state index contributed by atoms with van der Waals surface area (Å²) >= 11 is 1.20. The van der Waals surface area contributed by atoms with Crippen molar-refractivity contribution >= 4 is 36.1 Å². The second kappa shape index (κ2) is 4.29. The fourth-order valence-electron chi connectivity index (χ4n) is 1.40. The number of nitrogens with zero attached hydrogens (tertiary/aromatic N) is 1. The van der Waals surface area contributed by atoms with Gasteiger partial charge in [0.25, 0.3) is 9.05 Å². The molecule has 0 radical (unpaired) electrons. The first-order chi connectivity index (χ1) is 7.07. The summed E-state index contributed by atoms with van der Waals surface area (Å²) < 4.78 is 27.5. The predicted molar refractivity (Wildman–Crippen MR) is 60.4 cm³/mol. The lowest BCUT2D eigenvalue weighted by Gasteiger charge is -2.27. The molecule has 0 amide bonds. The predicted octanol–water partition coefficient (Wildman–Crippen LogP) is 1.51. The van der Waals surface area contributed by atoms with E-state index < -0.39 is 9.05 Å². The summed E-state index contributed by atoms with van der Waals surface area (Å²) in [7, 11) is 1.66. The first-order valence-corrected chi connectivity index (χ1v) is 7.57. The van der Waals surface area contributed by atoms with Crippen LogP contribution >= 0.6 is 22.0 Å². The van der Waals surface area contributed by atoms with Crippen LogP contribution in [0.2, 0.25) is 0 Å². The molecule has 0 N–H and O–H groups in total. The van der Waals surface area contributed by atoms with Crippen LogP contribution in [0, 0.1) is 0 Å². The highest BCUT2D eigenvalue weighted by Crippen LogP contribution is 2.31. The first kappa shape index (κ1) is 11.2. The number of hydrogen-bond donors (Lipinski definition) is 0. The van der Waals surface area contributed by atoms with Gasteiger partial charge in [0.05, 0.1) is 18.2 Å². The van der Waals surface area contributed by atoms with Gasteiger partial charge in [-0.3, -0.25) is 0 Å².